The van der Waals surface area contributed by atoms with Gasteiger partial charge in [-0.25, -0.2) is 0 Å². The molecule has 0 aliphatic rings. The third kappa shape index (κ3) is 5.26. The summed E-state index contributed by atoms with van der Waals surface area (Å²) in [6.45, 7) is 4.73. The SMILES string of the molecule is CC(C)C(O)CCNc1nnc(Cc2ccc(Cl)cc2)s1. The van der Waals surface area contributed by atoms with E-state index in [1.165, 1.54) is 0 Å². The van der Waals surface area contributed by atoms with Crippen LogP contribution in [0.5, 0.6) is 0 Å². The number of benzene rings is 1. The fourth-order valence-electron chi connectivity index (χ4n) is 1.83. The van der Waals surface area contributed by atoms with Gasteiger partial charge in [-0.15, -0.1) is 10.2 Å². The molecule has 0 saturated carbocycles. The lowest BCUT2D eigenvalue weighted by Gasteiger charge is -2.13. The minimum absolute atomic E-state index is 0.279. The molecule has 21 heavy (non-hydrogen) atoms. The Labute approximate surface area is 134 Å². The molecule has 0 radical (unpaired) electrons. The molecule has 1 unspecified atom stereocenters. The number of rotatable bonds is 7. The Morgan fingerprint density at radius 2 is 1.95 bits per heavy atom. The summed E-state index contributed by atoms with van der Waals surface area (Å²) >= 11 is 7.41. The molecule has 0 fully saturated rings. The molecular formula is C15H20ClN3OS. The summed E-state index contributed by atoms with van der Waals surface area (Å²) in [5.41, 5.74) is 1.16. The van der Waals surface area contributed by atoms with Crippen molar-refractivity contribution in [1.82, 2.24) is 10.2 Å². The molecule has 2 rings (SSSR count). The molecule has 2 aromatic rings. The smallest absolute Gasteiger partial charge is 0.205 e. The molecule has 0 spiro atoms. The maximum Gasteiger partial charge on any atom is 0.205 e. The van der Waals surface area contributed by atoms with E-state index in [0.29, 0.717) is 13.0 Å². The van der Waals surface area contributed by atoms with Crippen molar-refractivity contribution in [3.05, 3.63) is 39.9 Å². The lowest BCUT2D eigenvalue weighted by molar-refractivity contribution is 0.120. The number of aliphatic hydroxyl groups is 1. The van der Waals surface area contributed by atoms with E-state index in [4.69, 9.17) is 11.6 Å². The second-order valence-electron chi connectivity index (χ2n) is 5.33. The first-order chi connectivity index (χ1) is 10.0. The number of nitrogens with one attached hydrogen (secondary N) is 1. The van der Waals surface area contributed by atoms with E-state index >= 15 is 0 Å². The summed E-state index contributed by atoms with van der Waals surface area (Å²) in [5.74, 6) is 0.279. The summed E-state index contributed by atoms with van der Waals surface area (Å²) in [6.07, 6.45) is 1.19. The van der Waals surface area contributed by atoms with Gasteiger partial charge in [-0.3, -0.25) is 0 Å². The molecule has 0 saturated heterocycles. The molecule has 6 heteroatoms. The molecule has 1 atom stereocenters. The number of aliphatic hydroxyl groups excluding tert-OH is 1. The molecule has 1 aromatic heterocycles. The average molecular weight is 326 g/mol. The quantitative estimate of drug-likeness (QED) is 0.816. The Kier molecular flexibility index (Phi) is 5.96. The highest BCUT2D eigenvalue weighted by Gasteiger charge is 2.09. The highest BCUT2D eigenvalue weighted by molar-refractivity contribution is 7.15. The normalized spacial score (nSPS) is 12.6. The summed E-state index contributed by atoms with van der Waals surface area (Å²) in [7, 11) is 0. The van der Waals surface area contributed by atoms with Crippen LogP contribution in [0.15, 0.2) is 24.3 Å². The van der Waals surface area contributed by atoms with Gasteiger partial charge in [-0.2, -0.15) is 0 Å². The molecule has 2 N–H and O–H groups in total. The van der Waals surface area contributed by atoms with Crippen molar-refractivity contribution in [3.63, 3.8) is 0 Å². The Morgan fingerprint density at radius 3 is 2.62 bits per heavy atom. The topological polar surface area (TPSA) is 58.0 Å². The van der Waals surface area contributed by atoms with Crippen molar-refractivity contribution in [2.24, 2.45) is 5.92 Å². The van der Waals surface area contributed by atoms with Gasteiger partial charge in [-0.05, 0) is 30.0 Å². The van der Waals surface area contributed by atoms with Crippen LogP contribution in [0.2, 0.25) is 5.02 Å². The molecule has 1 aromatic carbocycles. The number of halogens is 1. The van der Waals surface area contributed by atoms with Crippen LogP contribution >= 0.6 is 22.9 Å². The lowest BCUT2D eigenvalue weighted by Crippen LogP contribution is -2.18. The molecule has 0 bridgehead atoms. The molecular weight excluding hydrogens is 306 g/mol. The fraction of sp³-hybridized carbons (Fsp3) is 0.467. The van der Waals surface area contributed by atoms with Gasteiger partial charge in [0.25, 0.3) is 0 Å². The largest absolute Gasteiger partial charge is 0.393 e. The van der Waals surface area contributed by atoms with Gasteiger partial charge in [-0.1, -0.05) is 48.9 Å². The zero-order valence-corrected chi connectivity index (χ0v) is 13.8. The first-order valence-corrected chi connectivity index (χ1v) is 8.23. The highest BCUT2D eigenvalue weighted by Crippen LogP contribution is 2.20. The van der Waals surface area contributed by atoms with Gasteiger partial charge in [0, 0.05) is 18.0 Å². The van der Waals surface area contributed by atoms with Gasteiger partial charge >= 0.3 is 0 Å². The van der Waals surface area contributed by atoms with Gasteiger partial charge in [0.05, 0.1) is 6.10 Å². The lowest BCUT2D eigenvalue weighted by atomic mass is 10.0. The van der Waals surface area contributed by atoms with Gasteiger partial charge in [0.15, 0.2) is 0 Å². The third-order valence-corrected chi connectivity index (χ3v) is 4.35. The van der Waals surface area contributed by atoms with Crippen LogP contribution in [0.4, 0.5) is 5.13 Å². The summed E-state index contributed by atoms with van der Waals surface area (Å²) in [5, 5.41) is 23.8. The van der Waals surface area contributed by atoms with Crippen LogP contribution < -0.4 is 5.32 Å². The van der Waals surface area contributed by atoms with Gasteiger partial charge < -0.3 is 10.4 Å². The van der Waals surface area contributed by atoms with Gasteiger partial charge in [0.2, 0.25) is 5.13 Å². The van der Waals surface area contributed by atoms with E-state index in [0.717, 1.165) is 27.1 Å². The minimum Gasteiger partial charge on any atom is -0.393 e. The number of aromatic nitrogens is 2. The van der Waals surface area contributed by atoms with Crippen molar-refractivity contribution in [3.8, 4) is 0 Å². The molecule has 0 amide bonds. The van der Waals surface area contributed by atoms with E-state index in [1.54, 1.807) is 11.3 Å². The second kappa shape index (κ2) is 7.73. The van der Waals surface area contributed by atoms with Gasteiger partial charge in [0.1, 0.15) is 5.01 Å². The van der Waals surface area contributed by atoms with E-state index < -0.39 is 0 Å². The Morgan fingerprint density at radius 1 is 1.24 bits per heavy atom. The third-order valence-electron chi connectivity index (χ3n) is 3.22. The second-order valence-corrected chi connectivity index (χ2v) is 6.83. The van der Waals surface area contributed by atoms with Crippen molar-refractivity contribution < 1.29 is 5.11 Å². The van der Waals surface area contributed by atoms with Crippen molar-refractivity contribution in [1.29, 1.82) is 0 Å². The van der Waals surface area contributed by atoms with E-state index in [1.807, 2.05) is 38.1 Å². The van der Waals surface area contributed by atoms with Crippen LogP contribution in [0.25, 0.3) is 0 Å². The van der Waals surface area contributed by atoms with Crippen LogP contribution in [0.3, 0.4) is 0 Å². The minimum atomic E-state index is -0.279. The summed E-state index contributed by atoms with van der Waals surface area (Å²) in [6, 6.07) is 7.75. The molecule has 0 aliphatic heterocycles. The van der Waals surface area contributed by atoms with Crippen LogP contribution in [-0.2, 0) is 6.42 Å². The first kappa shape index (κ1) is 16.2. The standard InChI is InChI=1S/C15H20ClN3OS/c1-10(2)13(20)7-8-17-15-19-18-14(21-15)9-11-3-5-12(16)6-4-11/h3-6,10,13,20H,7-9H2,1-2H3,(H,17,19). The van der Waals surface area contributed by atoms with Crippen molar-refractivity contribution >= 4 is 28.1 Å². The molecule has 4 nitrogen and oxygen atoms in total. The zero-order chi connectivity index (χ0) is 15.2. The Bertz CT molecular complexity index is 556. The van der Waals surface area contributed by atoms with Crippen LogP contribution in [0.1, 0.15) is 30.8 Å². The Balaban J connectivity index is 1.82. The maximum absolute atomic E-state index is 9.74. The zero-order valence-electron chi connectivity index (χ0n) is 12.2. The van der Waals surface area contributed by atoms with Crippen LogP contribution in [-0.4, -0.2) is 28.0 Å². The molecule has 1 heterocycles. The van der Waals surface area contributed by atoms with Crippen molar-refractivity contribution in [2.75, 3.05) is 11.9 Å². The van der Waals surface area contributed by atoms with Crippen molar-refractivity contribution in [2.45, 2.75) is 32.8 Å². The number of hydrogen-bond donors (Lipinski definition) is 2. The fourth-order valence-corrected chi connectivity index (χ4v) is 2.76. The first-order valence-electron chi connectivity index (χ1n) is 7.03. The van der Waals surface area contributed by atoms with E-state index in [-0.39, 0.29) is 12.0 Å². The molecule has 114 valence electrons. The number of anilines is 1. The Hall–Kier alpha value is -1.17. The predicted molar refractivity (Wildman–Crippen MR) is 88.1 cm³/mol. The molecule has 0 aliphatic carbocycles. The monoisotopic (exact) mass is 325 g/mol. The predicted octanol–water partition coefficient (Wildman–Crippen LogP) is 3.60. The highest BCUT2D eigenvalue weighted by atomic mass is 35.5. The van der Waals surface area contributed by atoms with E-state index in [9.17, 15) is 5.11 Å². The average Bonchev–Trinajstić information content (AvgIpc) is 2.89. The summed E-state index contributed by atoms with van der Waals surface area (Å²) < 4.78 is 0. The number of nitrogens with zero attached hydrogens (tertiary/aromatic N) is 2. The van der Waals surface area contributed by atoms with E-state index in [2.05, 4.69) is 15.5 Å². The van der Waals surface area contributed by atoms with Crippen LogP contribution in [0, 0.1) is 5.92 Å². The number of hydrogen-bond acceptors (Lipinski definition) is 5. The summed E-state index contributed by atoms with van der Waals surface area (Å²) in [4.78, 5) is 0. The maximum atomic E-state index is 9.74.